The van der Waals surface area contributed by atoms with Crippen LogP contribution in [0.3, 0.4) is 0 Å². The second-order valence-electron chi connectivity index (χ2n) is 8.39. The molecule has 0 saturated carbocycles. The molecule has 0 aromatic heterocycles. The lowest BCUT2D eigenvalue weighted by molar-refractivity contribution is -0.0730. The quantitative estimate of drug-likeness (QED) is 0.214. The number of hydrogen-bond acceptors (Lipinski definition) is 5. The molecule has 3 N–H and O–H groups in total. The van der Waals surface area contributed by atoms with Crippen molar-refractivity contribution in [2.75, 3.05) is 19.8 Å². The Morgan fingerprint density at radius 1 is 0.897 bits per heavy atom. The molecule has 0 unspecified atom stereocenters. The number of unbranched alkanes of at least 4 members (excludes halogenated alkanes) is 12. The monoisotopic (exact) mass is 414 g/mol. The van der Waals surface area contributed by atoms with Crippen LogP contribution in [0.25, 0.3) is 0 Å². The molecular formula is C24H46O5. The van der Waals surface area contributed by atoms with Crippen LogP contribution in [-0.4, -0.2) is 59.6 Å². The van der Waals surface area contributed by atoms with E-state index >= 15 is 0 Å². The summed E-state index contributed by atoms with van der Waals surface area (Å²) < 4.78 is 11.0. The third-order valence-corrected chi connectivity index (χ3v) is 5.72. The predicted molar refractivity (Wildman–Crippen MR) is 118 cm³/mol. The van der Waals surface area contributed by atoms with Gasteiger partial charge in [0.15, 0.2) is 0 Å². The van der Waals surface area contributed by atoms with Crippen LogP contribution in [0.1, 0.15) is 96.8 Å². The van der Waals surface area contributed by atoms with Crippen molar-refractivity contribution in [1.82, 2.24) is 0 Å². The molecule has 0 bridgehead atoms. The van der Waals surface area contributed by atoms with Crippen LogP contribution in [0.4, 0.5) is 0 Å². The summed E-state index contributed by atoms with van der Waals surface area (Å²) >= 11 is 0. The Morgan fingerprint density at radius 2 is 1.45 bits per heavy atom. The van der Waals surface area contributed by atoms with E-state index < -0.39 is 31.0 Å². The molecule has 0 amide bonds. The minimum Gasteiger partial charge on any atom is -0.394 e. The van der Waals surface area contributed by atoms with Crippen molar-refractivity contribution < 1.29 is 24.8 Å². The van der Waals surface area contributed by atoms with Gasteiger partial charge in [-0.25, -0.2) is 0 Å². The second kappa shape index (κ2) is 18.3. The van der Waals surface area contributed by atoms with Gasteiger partial charge in [0, 0.05) is 6.61 Å². The van der Waals surface area contributed by atoms with Crippen LogP contribution in [0, 0.1) is 0 Å². The van der Waals surface area contributed by atoms with E-state index in [1.807, 2.05) is 0 Å². The standard InChI is InChI=1S/C24H46O5/c1-2-3-4-5-6-7-8-9-10-11-12-13-14-15-16-17-18-28-22-20-29-24(23(22)27)21(26)19-25/h8-9,21-27H,2-7,10-20H2,1H3/b9-8+/t21-,22+,23+,24+/m0/s1. The third-order valence-electron chi connectivity index (χ3n) is 5.72. The van der Waals surface area contributed by atoms with E-state index in [1.165, 1.54) is 77.0 Å². The zero-order chi connectivity index (χ0) is 21.2. The fourth-order valence-corrected chi connectivity index (χ4v) is 3.79. The summed E-state index contributed by atoms with van der Waals surface area (Å²) in [6.07, 6.45) is 19.5. The summed E-state index contributed by atoms with van der Waals surface area (Å²) in [5.41, 5.74) is 0. The highest BCUT2D eigenvalue weighted by atomic mass is 16.6. The summed E-state index contributed by atoms with van der Waals surface area (Å²) in [7, 11) is 0. The van der Waals surface area contributed by atoms with Gasteiger partial charge in [0.1, 0.15) is 24.4 Å². The fraction of sp³-hybridized carbons (Fsp3) is 0.917. The first-order valence-electron chi connectivity index (χ1n) is 12.1. The number of aliphatic hydroxyl groups excluding tert-OH is 3. The van der Waals surface area contributed by atoms with E-state index in [1.54, 1.807) is 0 Å². The molecule has 4 atom stereocenters. The van der Waals surface area contributed by atoms with Gasteiger partial charge in [-0.15, -0.1) is 0 Å². The molecule has 1 saturated heterocycles. The highest BCUT2D eigenvalue weighted by Gasteiger charge is 2.40. The average Bonchev–Trinajstić information content (AvgIpc) is 3.10. The molecule has 172 valence electrons. The van der Waals surface area contributed by atoms with Crippen molar-refractivity contribution in [3.63, 3.8) is 0 Å². The lowest BCUT2D eigenvalue weighted by Crippen LogP contribution is -2.41. The maximum Gasteiger partial charge on any atom is 0.114 e. The lowest BCUT2D eigenvalue weighted by Gasteiger charge is -2.20. The normalized spacial score (nSPS) is 23.2. The van der Waals surface area contributed by atoms with E-state index in [9.17, 15) is 10.2 Å². The van der Waals surface area contributed by atoms with Crippen molar-refractivity contribution >= 4 is 0 Å². The van der Waals surface area contributed by atoms with E-state index in [2.05, 4.69) is 19.1 Å². The van der Waals surface area contributed by atoms with Gasteiger partial charge in [0.05, 0.1) is 13.2 Å². The highest BCUT2D eigenvalue weighted by Crippen LogP contribution is 2.20. The zero-order valence-corrected chi connectivity index (χ0v) is 18.6. The molecule has 29 heavy (non-hydrogen) atoms. The Bertz CT molecular complexity index is 387. The number of aliphatic hydroxyl groups is 3. The van der Waals surface area contributed by atoms with Crippen LogP contribution in [-0.2, 0) is 9.47 Å². The summed E-state index contributed by atoms with van der Waals surface area (Å²) in [6, 6.07) is 0. The largest absolute Gasteiger partial charge is 0.394 e. The minimum absolute atomic E-state index is 0.274. The first-order chi connectivity index (χ1) is 14.2. The molecule has 0 aromatic rings. The second-order valence-corrected chi connectivity index (χ2v) is 8.39. The van der Waals surface area contributed by atoms with Crippen molar-refractivity contribution in [1.29, 1.82) is 0 Å². The van der Waals surface area contributed by atoms with E-state index in [0.29, 0.717) is 6.61 Å². The first-order valence-corrected chi connectivity index (χ1v) is 12.1. The van der Waals surface area contributed by atoms with Crippen molar-refractivity contribution in [3.05, 3.63) is 12.2 Å². The van der Waals surface area contributed by atoms with Crippen LogP contribution in [0.2, 0.25) is 0 Å². The van der Waals surface area contributed by atoms with Gasteiger partial charge in [-0.2, -0.15) is 0 Å². The number of rotatable bonds is 19. The van der Waals surface area contributed by atoms with Crippen LogP contribution < -0.4 is 0 Å². The molecule has 1 heterocycles. The van der Waals surface area contributed by atoms with Crippen LogP contribution in [0.15, 0.2) is 12.2 Å². The molecule has 0 aliphatic carbocycles. The Hall–Kier alpha value is -0.460. The molecule has 0 aromatic carbocycles. The molecule has 1 aliphatic heterocycles. The summed E-state index contributed by atoms with van der Waals surface area (Å²) in [5, 5.41) is 28.6. The smallest absolute Gasteiger partial charge is 0.114 e. The van der Waals surface area contributed by atoms with E-state index in [4.69, 9.17) is 14.6 Å². The van der Waals surface area contributed by atoms with Gasteiger partial charge in [-0.3, -0.25) is 0 Å². The van der Waals surface area contributed by atoms with Crippen molar-refractivity contribution in [3.8, 4) is 0 Å². The summed E-state index contributed by atoms with van der Waals surface area (Å²) in [6.45, 7) is 2.73. The van der Waals surface area contributed by atoms with Crippen molar-refractivity contribution in [2.24, 2.45) is 0 Å². The first kappa shape index (κ1) is 26.6. The van der Waals surface area contributed by atoms with Gasteiger partial charge in [-0.1, -0.05) is 76.9 Å². The Morgan fingerprint density at radius 3 is 2.03 bits per heavy atom. The van der Waals surface area contributed by atoms with Gasteiger partial charge in [0.25, 0.3) is 0 Å². The zero-order valence-electron chi connectivity index (χ0n) is 18.6. The lowest BCUT2D eigenvalue weighted by atomic mass is 10.1. The van der Waals surface area contributed by atoms with Gasteiger partial charge in [0.2, 0.25) is 0 Å². The molecule has 5 heteroatoms. The predicted octanol–water partition coefficient (Wildman–Crippen LogP) is 4.52. The van der Waals surface area contributed by atoms with Gasteiger partial charge in [-0.05, 0) is 32.1 Å². The number of ether oxygens (including phenoxy) is 2. The Kier molecular flexibility index (Phi) is 16.8. The third kappa shape index (κ3) is 12.7. The van der Waals surface area contributed by atoms with E-state index in [0.717, 1.165) is 12.8 Å². The number of hydrogen-bond donors (Lipinski definition) is 3. The minimum atomic E-state index is -1.05. The average molecular weight is 415 g/mol. The van der Waals surface area contributed by atoms with Crippen molar-refractivity contribution in [2.45, 2.75) is 121 Å². The maximum atomic E-state index is 10.1. The highest BCUT2D eigenvalue weighted by molar-refractivity contribution is 4.88. The summed E-state index contributed by atoms with van der Waals surface area (Å²) in [4.78, 5) is 0. The molecule has 1 fully saturated rings. The van der Waals surface area contributed by atoms with E-state index in [-0.39, 0.29) is 6.61 Å². The Labute approximate surface area is 178 Å². The maximum absolute atomic E-state index is 10.1. The molecule has 1 rings (SSSR count). The number of allylic oxidation sites excluding steroid dienone is 2. The topological polar surface area (TPSA) is 79.2 Å². The molecule has 0 spiro atoms. The van der Waals surface area contributed by atoms with Gasteiger partial charge >= 0.3 is 0 Å². The summed E-state index contributed by atoms with van der Waals surface area (Å²) in [5.74, 6) is 0. The SMILES string of the molecule is CCCCCCC/C=C/CCCCCCCCCO[C@@H]1CO[C@H]([C@@H](O)CO)[C@@H]1O. The van der Waals surface area contributed by atoms with Gasteiger partial charge < -0.3 is 24.8 Å². The van der Waals surface area contributed by atoms with Crippen LogP contribution in [0.5, 0.6) is 0 Å². The molecule has 1 aliphatic rings. The fourth-order valence-electron chi connectivity index (χ4n) is 3.79. The molecule has 0 radical (unpaired) electrons. The Balaban J connectivity index is 1.83. The molecular weight excluding hydrogens is 368 g/mol. The molecule has 5 nitrogen and oxygen atoms in total. The van der Waals surface area contributed by atoms with Crippen LogP contribution >= 0.6 is 0 Å².